The van der Waals surface area contributed by atoms with Crippen molar-refractivity contribution in [2.24, 2.45) is 5.92 Å². The van der Waals surface area contributed by atoms with Gasteiger partial charge < -0.3 is 10.0 Å². The Hall–Kier alpha value is -0.730. The lowest BCUT2D eigenvalue weighted by atomic mass is 10.1. The van der Waals surface area contributed by atoms with Crippen molar-refractivity contribution in [2.75, 3.05) is 18.0 Å². The van der Waals surface area contributed by atoms with E-state index in [4.69, 9.17) is 11.6 Å². The molecule has 0 radical (unpaired) electrons. The van der Waals surface area contributed by atoms with Crippen molar-refractivity contribution in [1.29, 1.82) is 0 Å². The Labute approximate surface area is 115 Å². The zero-order chi connectivity index (χ0) is 13.1. The second-order valence-electron chi connectivity index (χ2n) is 5.28. The molecule has 0 saturated heterocycles. The molecule has 0 amide bonds. The summed E-state index contributed by atoms with van der Waals surface area (Å²) in [6.45, 7) is 6.11. The van der Waals surface area contributed by atoms with Crippen LogP contribution in [0.25, 0.3) is 0 Å². The fourth-order valence-corrected chi connectivity index (χ4v) is 2.54. The Morgan fingerprint density at radius 2 is 2.17 bits per heavy atom. The fourth-order valence-electron chi connectivity index (χ4n) is 2.23. The lowest BCUT2D eigenvalue weighted by molar-refractivity contribution is 0.199. The van der Waals surface area contributed by atoms with Gasteiger partial charge in [-0.15, -0.1) is 0 Å². The van der Waals surface area contributed by atoms with E-state index >= 15 is 0 Å². The number of aliphatic hydroxyl groups is 1. The number of nitrogens with zero attached hydrogens (tertiary/aromatic N) is 1. The quantitative estimate of drug-likeness (QED) is 0.842. The molecule has 0 heterocycles. The molecule has 0 spiro atoms. The van der Waals surface area contributed by atoms with Gasteiger partial charge in [-0.25, -0.2) is 0 Å². The molecule has 2 nitrogen and oxygen atoms in total. The number of halogens is 1. The highest BCUT2D eigenvalue weighted by atomic mass is 35.5. The Morgan fingerprint density at radius 3 is 2.67 bits per heavy atom. The van der Waals surface area contributed by atoms with E-state index in [1.807, 2.05) is 18.2 Å². The minimum atomic E-state index is -0.459. The maximum atomic E-state index is 9.56. The van der Waals surface area contributed by atoms with E-state index in [1.165, 1.54) is 12.8 Å². The van der Waals surface area contributed by atoms with Gasteiger partial charge in [0.15, 0.2) is 0 Å². The summed E-state index contributed by atoms with van der Waals surface area (Å²) in [4.78, 5) is 2.38. The Morgan fingerprint density at radius 1 is 1.44 bits per heavy atom. The Balaban J connectivity index is 2.17. The molecule has 1 aliphatic carbocycles. The molecule has 100 valence electrons. The molecule has 1 fully saturated rings. The maximum absolute atomic E-state index is 9.56. The minimum Gasteiger partial charge on any atom is -0.389 e. The highest BCUT2D eigenvalue weighted by molar-refractivity contribution is 6.33. The SMILES string of the molecule is CCCN(CC1CC1)c1ccc([C@H](C)O)cc1Cl. The van der Waals surface area contributed by atoms with Crippen LogP contribution in [0.2, 0.25) is 5.02 Å². The van der Waals surface area contributed by atoms with Gasteiger partial charge in [0.05, 0.1) is 16.8 Å². The van der Waals surface area contributed by atoms with E-state index in [0.717, 1.165) is 41.7 Å². The van der Waals surface area contributed by atoms with Crippen LogP contribution in [-0.4, -0.2) is 18.2 Å². The van der Waals surface area contributed by atoms with Crippen molar-refractivity contribution in [2.45, 2.75) is 39.2 Å². The van der Waals surface area contributed by atoms with Crippen LogP contribution in [0.1, 0.15) is 44.8 Å². The van der Waals surface area contributed by atoms with Crippen LogP contribution >= 0.6 is 11.6 Å². The molecular formula is C15H22ClNO. The van der Waals surface area contributed by atoms with Crippen LogP contribution < -0.4 is 4.90 Å². The van der Waals surface area contributed by atoms with Crippen molar-refractivity contribution < 1.29 is 5.11 Å². The molecule has 3 heteroatoms. The van der Waals surface area contributed by atoms with E-state index in [2.05, 4.69) is 11.8 Å². The molecule has 1 aromatic rings. The van der Waals surface area contributed by atoms with Gasteiger partial charge in [-0.1, -0.05) is 24.6 Å². The molecule has 2 rings (SSSR count). The second-order valence-corrected chi connectivity index (χ2v) is 5.68. The molecule has 18 heavy (non-hydrogen) atoms. The molecule has 1 aliphatic rings. The molecule has 1 saturated carbocycles. The Bertz CT molecular complexity index is 401. The third kappa shape index (κ3) is 3.39. The highest BCUT2D eigenvalue weighted by Gasteiger charge is 2.25. The number of rotatable bonds is 6. The molecule has 1 aromatic carbocycles. The van der Waals surface area contributed by atoms with Gasteiger partial charge in [-0.05, 0) is 49.8 Å². The van der Waals surface area contributed by atoms with Gasteiger partial charge in [0.2, 0.25) is 0 Å². The van der Waals surface area contributed by atoms with E-state index < -0.39 is 6.10 Å². The van der Waals surface area contributed by atoms with Crippen LogP contribution in [0.3, 0.4) is 0 Å². The van der Waals surface area contributed by atoms with Crippen LogP contribution in [0.5, 0.6) is 0 Å². The third-order valence-electron chi connectivity index (χ3n) is 3.46. The van der Waals surface area contributed by atoms with Crippen LogP contribution in [-0.2, 0) is 0 Å². The van der Waals surface area contributed by atoms with Crippen LogP contribution in [0, 0.1) is 5.92 Å². The summed E-state index contributed by atoms with van der Waals surface area (Å²) in [5, 5.41) is 10.3. The predicted molar refractivity (Wildman–Crippen MR) is 77.3 cm³/mol. The third-order valence-corrected chi connectivity index (χ3v) is 3.77. The number of anilines is 1. The lowest BCUT2D eigenvalue weighted by Crippen LogP contribution is -2.26. The summed E-state index contributed by atoms with van der Waals surface area (Å²) in [7, 11) is 0. The normalized spacial score (nSPS) is 16.7. The molecule has 0 bridgehead atoms. The number of aliphatic hydroxyl groups excluding tert-OH is 1. The maximum Gasteiger partial charge on any atom is 0.0762 e. The smallest absolute Gasteiger partial charge is 0.0762 e. The zero-order valence-electron chi connectivity index (χ0n) is 11.2. The molecule has 1 atom stereocenters. The molecule has 0 aliphatic heterocycles. The molecular weight excluding hydrogens is 246 g/mol. The minimum absolute atomic E-state index is 0.459. The second kappa shape index (κ2) is 5.94. The summed E-state index contributed by atoms with van der Waals surface area (Å²) in [6, 6.07) is 5.90. The summed E-state index contributed by atoms with van der Waals surface area (Å²) in [5.74, 6) is 0.851. The summed E-state index contributed by atoms with van der Waals surface area (Å²) in [6.07, 6.45) is 3.37. The summed E-state index contributed by atoms with van der Waals surface area (Å²) in [5.41, 5.74) is 1.99. The van der Waals surface area contributed by atoms with E-state index in [-0.39, 0.29) is 0 Å². The first-order valence-corrected chi connectivity index (χ1v) is 7.22. The lowest BCUT2D eigenvalue weighted by Gasteiger charge is -2.26. The zero-order valence-corrected chi connectivity index (χ0v) is 12.0. The number of hydrogen-bond acceptors (Lipinski definition) is 2. The number of benzene rings is 1. The van der Waals surface area contributed by atoms with Gasteiger partial charge in [0.25, 0.3) is 0 Å². The van der Waals surface area contributed by atoms with Gasteiger partial charge in [0, 0.05) is 13.1 Å². The van der Waals surface area contributed by atoms with E-state index in [0.29, 0.717) is 0 Å². The first kappa shape index (κ1) is 13.7. The van der Waals surface area contributed by atoms with E-state index in [1.54, 1.807) is 6.92 Å². The molecule has 0 aromatic heterocycles. The Kier molecular flexibility index (Phi) is 4.52. The summed E-state index contributed by atoms with van der Waals surface area (Å²) >= 11 is 6.36. The van der Waals surface area contributed by atoms with Gasteiger partial charge >= 0.3 is 0 Å². The van der Waals surface area contributed by atoms with Gasteiger partial charge in [-0.2, -0.15) is 0 Å². The molecule has 1 N–H and O–H groups in total. The van der Waals surface area contributed by atoms with Crippen LogP contribution in [0.15, 0.2) is 18.2 Å². The number of hydrogen-bond donors (Lipinski definition) is 1. The fraction of sp³-hybridized carbons (Fsp3) is 0.600. The average Bonchev–Trinajstić information content (AvgIpc) is 3.12. The topological polar surface area (TPSA) is 23.5 Å². The average molecular weight is 268 g/mol. The first-order valence-electron chi connectivity index (χ1n) is 6.84. The standard InChI is InChI=1S/C15H22ClNO/c1-3-8-17(10-12-4-5-12)15-7-6-13(11(2)18)9-14(15)16/h6-7,9,11-12,18H,3-5,8,10H2,1-2H3/t11-/m0/s1. The van der Waals surface area contributed by atoms with Crippen molar-refractivity contribution >= 4 is 17.3 Å². The highest BCUT2D eigenvalue weighted by Crippen LogP contribution is 2.34. The summed E-state index contributed by atoms with van der Waals surface area (Å²) < 4.78 is 0. The largest absolute Gasteiger partial charge is 0.389 e. The van der Waals surface area contributed by atoms with Crippen molar-refractivity contribution in [3.8, 4) is 0 Å². The van der Waals surface area contributed by atoms with Crippen molar-refractivity contribution in [3.63, 3.8) is 0 Å². The molecule has 0 unspecified atom stereocenters. The van der Waals surface area contributed by atoms with E-state index in [9.17, 15) is 5.11 Å². The first-order chi connectivity index (χ1) is 8.61. The van der Waals surface area contributed by atoms with Crippen LogP contribution in [0.4, 0.5) is 5.69 Å². The predicted octanol–water partition coefficient (Wildman–Crippen LogP) is 4.02. The van der Waals surface area contributed by atoms with Crippen molar-refractivity contribution in [3.05, 3.63) is 28.8 Å². The van der Waals surface area contributed by atoms with Gasteiger partial charge in [-0.3, -0.25) is 0 Å². The van der Waals surface area contributed by atoms with Crippen molar-refractivity contribution in [1.82, 2.24) is 0 Å². The monoisotopic (exact) mass is 267 g/mol. The van der Waals surface area contributed by atoms with Gasteiger partial charge in [0.1, 0.15) is 0 Å².